The fraction of sp³-hybridized carbons (Fsp3) is 0.875. The summed E-state index contributed by atoms with van der Waals surface area (Å²) in [6.07, 6.45) is 7.97. The highest BCUT2D eigenvalue weighted by Crippen LogP contribution is 2.21. The molecule has 0 aromatic heterocycles. The van der Waals surface area contributed by atoms with Crippen molar-refractivity contribution in [3.05, 3.63) is 0 Å². The third kappa shape index (κ3) is 14.9. The molecular formula is C16H30O4. The highest BCUT2D eigenvalue weighted by Gasteiger charge is 2.16. The summed E-state index contributed by atoms with van der Waals surface area (Å²) in [4.78, 5) is 27.8. The van der Waals surface area contributed by atoms with E-state index < -0.39 is 0 Å². The Morgan fingerprint density at radius 2 is 1.55 bits per heavy atom. The van der Waals surface area contributed by atoms with Gasteiger partial charge >= 0.3 is 12.1 Å². The number of carbonyl (C=O) groups is 1. The molecule has 0 spiro atoms. The van der Waals surface area contributed by atoms with Gasteiger partial charge in [0, 0.05) is 6.42 Å². The Morgan fingerprint density at radius 1 is 1.00 bits per heavy atom. The van der Waals surface area contributed by atoms with Gasteiger partial charge in [-0.15, -0.1) is 0 Å². The van der Waals surface area contributed by atoms with Crippen molar-refractivity contribution in [2.45, 2.75) is 72.6 Å². The average Bonchev–Trinajstić information content (AvgIpc) is 2.40. The normalized spacial score (nSPS) is 12.6. The molecule has 0 heterocycles. The Morgan fingerprint density at radius 3 is 2.05 bits per heavy atom. The lowest BCUT2D eigenvalue weighted by atomic mass is 9.88. The standard InChI is InChI=1S/C15H30O2.CO2/c1-5-7-9-10-13(3)14(4)12-15(16)17-11-8-6-2;2-1-3/h13-14H,5-12H2,1-4H3;. The summed E-state index contributed by atoms with van der Waals surface area (Å²) in [6, 6.07) is 0. The van der Waals surface area contributed by atoms with Gasteiger partial charge in [-0.2, -0.15) is 9.59 Å². The minimum Gasteiger partial charge on any atom is -0.466 e. The molecule has 118 valence electrons. The van der Waals surface area contributed by atoms with Crippen molar-refractivity contribution in [3.8, 4) is 0 Å². The van der Waals surface area contributed by atoms with E-state index in [0.29, 0.717) is 24.9 Å². The van der Waals surface area contributed by atoms with E-state index in [-0.39, 0.29) is 12.1 Å². The molecular weight excluding hydrogens is 256 g/mol. The van der Waals surface area contributed by atoms with Gasteiger partial charge in [0.1, 0.15) is 0 Å². The van der Waals surface area contributed by atoms with E-state index in [1.54, 1.807) is 0 Å². The summed E-state index contributed by atoms with van der Waals surface area (Å²) in [5.41, 5.74) is 0. The summed E-state index contributed by atoms with van der Waals surface area (Å²) < 4.78 is 5.19. The second-order valence-corrected chi connectivity index (χ2v) is 5.31. The van der Waals surface area contributed by atoms with Gasteiger partial charge in [-0.3, -0.25) is 4.79 Å². The molecule has 0 aliphatic heterocycles. The number of hydrogen-bond acceptors (Lipinski definition) is 4. The smallest absolute Gasteiger partial charge is 0.373 e. The van der Waals surface area contributed by atoms with Crippen molar-refractivity contribution >= 4 is 12.1 Å². The van der Waals surface area contributed by atoms with E-state index >= 15 is 0 Å². The van der Waals surface area contributed by atoms with Crippen molar-refractivity contribution in [2.75, 3.05) is 6.61 Å². The largest absolute Gasteiger partial charge is 0.466 e. The van der Waals surface area contributed by atoms with Crippen LogP contribution in [0.15, 0.2) is 0 Å². The number of esters is 1. The molecule has 0 saturated heterocycles. The fourth-order valence-electron chi connectivity index (χ4n) is 1.85. The molecule has 0 aliphatic carbocycles. The van der Waals surface area contributed by atoms with Crippen LogP contribution in [0, 0.1) is 11.8 Å². The summed E-state index contributed by atoms with van der Waals surface area (Å²) in [5.74, 6) is 1.05. The first kappa shape index (κ1) is 21.2. The Bertz CT molecular complexity index is 257. The fourth-order valence-corrected chi connectivity index (χ4v) is 1.85. The van der Waals surface area contributed by atoms with Crippen molar-refractivity contribution in [3.63, 3.8) is 0 Å². The molecule has 0 aromatic carbocycles. The third-order valence-electron chi connectivity index (χ3n) is 3.48. The number of hydrogen-bond donors (Lipinski definition) is 0. The van der Waals surface area contributed by atoms with Gasteiger partial charge in [0.25, 0.3) is 0 Å². The van der Waals surface area contributed by atoms with Crippen molar-refractivity contribution in [2.24, 2.45) is 11.8 Å². The Hall–Kier alpha value is -1.15. The van der Waals surface area contributed by atoms with Crippen LogP contribution in [0.5, 0.6) is 0 Å². The molecule has 0 rings (SSSR count). The van der Waals surface area contributed by atoms with E-state index in [0.717, 1.165) is 12.8 Å². The van der Waals surface area contributed by atoms with Crippen LogP contribution in [0.2, 0.25) is 0 Å². The van der Waals surface area contributed by atoms with Gasteiger partial charge in [-0.25, -0.2) is 0 Å². The SMILES string of the molecule is CCCCCC(C)C(C)CC(=O)OCCCC.O=C=O. The van der Waals surface area contributed by atoms with Gasteiger partial charge in [0.05, 0.1) is 6.61 Å². The van der Waals surface area contributed by atoms with Gasteiger partial charge in [-0.1, -0.05) is 59.8 Å². The highest BCUT2D eigenvalue weighted by molar-refractivity contribution is 5.69. The number of ether oxygens (including phenoxy) is 1. The lowest BCUT2D eigenvalue weighted by Gasteiger charge is -2.19. The Kier molecular flexibility index (Phi) is 16.8. The molecule has 0 N–H and O–H groups in total. The summed E-state index contributed by atoms with van der Waals surface area (Å²) >= 11 is 0. The van der Waals surface area contributed by atoms with E-state index in [1.807, 2.05) is 0 Å². The van der Waals surface area contributed by atoms with Gasteiger partial charge in [0.2, 0.25) is 0 Å². The Labute approximate surface area is 123 Å². The molecule has 4 nitrogen and oxygen atoms in total. The molecule has 0 bridgehead atoms. The molecule has 2 atom stereocenters. The minimum absolute atomic E-state index is 0.0201. The predicted octanol–water partition coefficient (Wildman–Crippen LogP) is 3.99. The zero-order valence-electron chi connectivity index (χ0n) is 13.4. The lowest BCUT2D eigenvalue weighted by molar-refractivity contribution is -0.191. The van der Waals surface area contributed by atoms with Gasteiger partial charge in [-0.05, 0) is 18.3 Å². The zero-order valence-corrected chi connectivity index (χ0v) is 13.4. The molecule has 0 saturated carbocycles. The zero-order chi connectivity index (χ0) is 15.8. The van der Waals surface area contributed by atoms with Crippen LogP contribution < -0.4 is 0 Å². The van der Waals surface area contributed by atoms with Crippen LogP contribution in [0.1, 0.15) is 72.6 Å². The van der Waals surface area contributed by atoms with Gasteiger partial charge in [0.15, 0.2) is 0 Å². The molecule has 0 aromatic rings. The number of rotatable bonds is 10. The van der Waals surface area contributed by atoms with Crippen LogP contribution in [0.25, 0.3) is 0 Å². The molecule has 0 radical (unpaired) electrons. The lowest BCUT2D eigenvalue weighted by Crippen LogP contribution is -2.15. The minimum atomic E-state index is -0.0201. The topological polar surface area (TPSA) is 60.4 Å². The molecule has 0 amide bonds. The molecule has 4 heteroatoms. The molecule has 20 heavy (non-hydrogen) atoms. The molecule has 2 unspecified atom stereocenters. The quantitative estimate of drug-likeness (QED) is 0.450. The average molecular weight is 286 g/mol. The van der Waals surface area contributed by atoms with Crippen molar-refractivity contribution < 1.29 is 19.1 Å². The van der Waals surface area contributed by atoms with Crippen molar-refractivity contribution in [1.29, 1.82) is 0 Å². The number of carbonyl (C=O) groups excluding carboxylic acids is 3. The summed E-state index contributed by atoms with van der Waals surface area (Å²) in [6.45, 7) is 9.33. The third-order valence-corrected chi connectivity index (χ3v) is 3.48. The van der Waals surface area contributed by atoms with Crippen molar-refractivity contribution in [1.82, 2.24) is 0 Å². The summed E-state index contributed by atoms with van der Waals surface area (Å²) in [7, 11) is 0. The van der Waals surface area contributed by atoms with Crippen LogP contribution in [0.4, 0.5) is 0 Å². The first-order valence-electron chi connectivity index (χ1n) is 7.68. The van der Waals surface area contributed by atoms with Crippen LogP contribution >= 0.6 is 0 Å². The first-order valence-corrected chi connectivity index (χ1v) is 7.68. The second kappa shape index (κ2) is 15.9. The summed E-state index contributed by atoms with van der Waals surface area (Å²) in [5, 5.41) is 0. The predicted molar refractivity (Wildman–Crippen MR) is 78.0 cm³/mol. The molecule has 0 aliphatic rings. The maximum Gasteiger partial charge on any atom is 0.373 e. The van der Waals surface area contributed by atoms with E-state index in [2.05, 4.69) is 27.7 Å². The van der Waals surface area contributed by atoms with E-state index in [1.165, 1.54) is 25.7 Å². The monoisotopic (exact) mass is 286 g/mol. The maximum absolute atomic E-state index is 11.5. The Balaban J connectivity index is 0. The van der Waals surface area contributed by atoms with E-state index in [9.17, 15) is 4.79 Å². The van der Waals surface area contributed by atoms with E-state index in [4.69, 9.17) is 14.3 Å². The molecule has 0 fully saturated rings. The first-order chi connectivity index (χ1) is 9.53. The second-order valence-electron chi connectivity index (χ2n) is 5.31. The number of unbranched alkanes of at least 4 members (excludes halogenated alkanes) is 3. The van der Waals surface area contributed by atoms with Gasteiger partial charge < -0.3 is 4.74 Å². The van der Waals surface area contributed by atoms with Crippen LogP contribution in [0.3, 0.4) is 0 Å². The van der Waals surface area contributed by atoms with Crippen LogP contribution in [-0.4, -0.2) is 18.7 Å². The maximum atomic E-state index is 11.5. The highest BCUT2D eigenvalue weighted by atomic mass is 16.5. The van der Waals surface area contributed by atoms with Crippen LogP contribution in [-0.2, 0) is 19.1 Å².